The summed E-state index contributed by atoms with van der Waals surface area (Å²) in [5.41, 5.74) is 4.52. The lowest BCUT2D eigenvalue weighted by Gasteiger charge is -2.26. The Labute approximate surface area is 229 Å². The second kappa shape index (κ2) is 13.4. The Morgan fingerprint density at radius 3 is 2.16 bits per heavy atom. The van der Waals surface area contributed by atoms with Crippen LogP contribution in [-0.4, -0.2) is 63.0 Å². The van der Waals surface area contributed by atoms with E-state index in [1.165, 1.54) is 37.9 Å². The highest BCUT2D eigenvalue weighted by Crippen LogP contribution is 2.26. The Kier molecular flexibility index (Phi) is 9.95. The van der Waals surface area contributed by atoms with Crippen molar-refractivity contribution < 1.29 is 4.79 Å². The van der Waals surface area contributed by atoms with E-state index in [2.05, 4.69) is 68.4 Å². The SMILES string of the molecule is Cc1ccc(-c2nc3ccc(C(=O)N(CCC(C)C)CCC(C)C)nc3n2CCCN2CCCCC2)cc1. The number of likely N-dealkylation sites (tertiary alicyclic amines) is 1. The van der Waals surface area contributed by atoms with E-state index in [-0.39, 0.29) is 5.91 Å². The molecule has 4 rings (SSSR count). The first kappa shape index (κ1) is 28.3. The van der Waals surface area contributed by atoms with Gasteiger partial charge in [0, 0.05) is 25.2 Å². The van der Waals surface area contributed by atoms with Gasteiger partial charge in [-0.05, 0) is 82.6 Å². The van der Waals surface area contributed by atoms with Gasteiger partial charge in [-0.1, -0.05) is 63.9 Å². The molecule has 6 nitrogen and oxygen atoms in total. The third-order valence-corrected chi connectivity index (χ3v) is 7.67. The fourth-order valence-electron chi connectivity index (χ4n) is 5.20. The van der Waals surface area contributed by atoms with Gasteiger partial charge >= 0.3 is 0 Å². The van der Waals surface area contributed by atoms with Gasteiger partial charge in [-0.15, -0.1) is 0 Å². The number of aromatic nitrogens is 3. The van der Waals surface area contributed by atoms with Crippen LogP contribution in [0.15, 0.2) is 36.4 Å². The Balaban J connectivity index is 1.64. The van der Waals surface area contributed by atoms with E-state index in [1.807, 2.05) is 17.0 Å². The predicted molar refractivity (Wildman–Crippen MR) is 157 cm³/mol. The summed E-state index contributed by atoms with van der Waals surface area (Å²) < 4.78 is 2.24. The van der Waals surface area contributed by atoms with Crippen molar-refractivity contribution >= 4 is 17.1 Å². The highest BCUT2D eigenvalue weighted by Gasteiger charge is 2.21. The van der Waals surface area contributed by atoms with Gasteiger partial charge in [0.15, 0.2) is 5.65 Å². The zero-order chi connectivity index (χ0) is 27.1. The Morgan fingerprint density at radius 1 is 0.868 bits per heavy atom. The predicted octanol–water partition coefficient (Wildman–Crippen LogP) is 6.82. The van der Waals surface area contributed by atoms with Crippen molar-refractivity contribution in [2.24, 2.45) is 11.8 Å². The Hall–Kier alpha value is -2.73. The number of imidazole rings is 1. The molecule has 0 aliphatic carbocycles. The average Bonchev–Trinajstić information content (AvgIpc) is 3.27. The van der Waals surface area contributed by atoms with Crippen LogP contribution in [0.2, 0.25) is 0 Å². The van der Waals surface area contributed by atoms with Crippen LogP contribution in [0, 0.1) is 18.8 Å². The number of pyridine rings is 1. The number of rotatable bonds is 12. The van der Waals surface area contributed by atoms with Crippen molar-refractivity contribution in [2.45, 2.75) is 79.7 Å². The number of hydrogen-bond acceptors (Lipinski definition) is 4. The van der Waals surface area contributed by atoms with Gasteiger partial charge in [0.1, 0.15) is 17.0 Å². The molecule has 2 aromatic heterocycles. The van der Waals surface area contributed by atoms with Gasteiger partial charge in [-0.3, -0.25) is 4.79 Å². The summed E-state index contributed by atoms with van der Waals surface area (Å²) >= 11 is 0. The maximum Gasteiger partial charge on any atom is 0.272 e. The van der Waals surface area contributed by atoms with Crippen molar-refractivity contribution in [1.82, 2.24) is 24.3 Å². The molecule has 0 spiro atoms. The van der Waals surface area contributed by atoms with Gasteiger partial charge in [0.25, 0.3) is 5.91 Å². The number of carbonyl (C=O) groups is 1. The monoisotopic (exact) mass is 517 g/mol. The number of piperidine rings is 1. The fraction of sp³-hybridized carbons (Fsp3) is 0.594. The maximum atomic E-state index is 13.7. The van der Waals surface area contributed by atoms with Crippen molar-refractivity contribution in [3.63, 3.8) is 0 Å². The molecule has 206 valence electrons. The van der Waals surface area contributed by atoms with E-state index in [0.29, 0.717) is 17.5 Å². The van der Waals surface area contributed by atoms with E-state index < -0.39 is 0 Å². The molecule has 3 heterocycles. The molecule has 1 aliphatic rings. The molecule has 1 saturated heterocycles. The number of amides is 1. The molecule has 0 radical (unpaired) electrons. The summed E-state index contributed by atoms with van der Waals surface area (Å²) in [6.07, 6.45) is 7.00. The second-order valence-electron chi connectivity index (χ2n) is 11.9. The molecule has 38 heavy (non-hydrogen) atoms. The molecule has 0 bridgehead atoms. The van der Waals surface area contributed by atoms with E-state index in [9.17, 15) is 4.79 Å². The van der Waals surface area contributed by atoms with Crippen LogP contribution in [0.25, 0.3) is 22.6 Å². The average molecular weight is 518 g/mol. The number of carbonyl (C=O) groups excluding carboxylic acids is 1. The molecule has 1 amide bonds. The van der Waals surface area contributed by atoms with Crippen molar-refractivity contribution in [2.75, 3.05) is 32.7 Å². The number of hydrogen-bond donors (Lipinski definition) is 0. The normalized spacial score (nSPS) is 14.6. The summed E-state index contributed by atoms with van der Waals surface area (Å²) in [5.74, 6) is 2.08. The number of nitrogens with zero attached hydrogens (tertiary/aromatic N) is 5. The standard InChI is InChI=1S/C32H47N5O/c1-24(2)16-22-36(23-17-25(3)4)32(38)29-15-14-28-31(34-29)37(21-9-20-35-18-7-6-8-19-35)30(33-28)27-12-10-26(5)11-13-27/h10-15,24-25H,6-9,16-23H2,1-5H3. The van der Waals surface area contributed by atoms with E-state index in [0.717, 1.165) is 68.0 Å². The third-order valence-electron chi connectivity index (χ3n) is 7.67. The molecule has 6 heteroatoms. The summed E-state index contributed by atoms with van der Waals surface area (Å²) in [4.78, 5) is 28.3. The van der Waals surface area contributed by atoms with Crippen molar-refractivity contribution in [1.29, 1.82) is 0 Å². The van der Waals surface area contributed by atoms with Crippen LogP contribution in [0.5, 0.6) is 0 Å². The van der Waals surface area contributed by atoms with Crippen LogP contribution < -0.4 is 0 Å². The summed E-state index contributed by atoms with van der Waals surface area (Å²) in [7, 11) is 0. The van der Waals surface area contributed by atoms with Crippen LogP contribution >= 0.6 is 0 Å². The topological polar surface area (TPSA) is 54.3 Å². The molecule has 1 fully saturated rings. The smallest absolute Gasteiger partial charge is 0.272 e. The number of aryl methyl sites for hydroxylation is 2. The van der Waals surface area contributed by atoms with Crippen molar-refractivity contribution in [3.05, 3.63) is 47.7 Å². The van der Waals surface area contributed by atoms with Gasteiger partial charge in [0.2, 0.25) is 0 Å². The molecule has 1 aliphatic heterocycles. The molecule has 0 unspecified atom stereocenters. The zero-order valence-corrected chi connectivity index (χ0v) is 24.2. The molecule has 0 saturated carbocycles. The van der Waals surface area contributed by atoms with Gasteiger partial charge in [0.05, 0.1) is 0 Å². The van der Waals surface area contributed by atoms with E-state index >= 15 is 0 Å². The highest BCUT2D eigenvalue weighted by atomic mass is 16.2. The second-order valence-corrected chi connectivity index (χ2v) is 11.9. The van der Waals surface area contributed by atoms with Crippen LogP contribution in [0.3, 0.4) is 0 Å². The minimum Gasteiger partial charge on any atom is -0.337 e. The molecule has 3 aromatic rings. The molecular weight excluding hydrogens is 470 g/mol. The first-order valence-corrected chi connectivity index (χ1v) is 14.8. The van der Waals surface area contributed by atoms with Crippen molar-refractivity contribution in [3.8, 4) is 11.4 Å². The van der Waals surface area contributed by atoms with E-state index in [4.69, 9.17) is 9.97 Å². The first-order valence-electron chi connectivity index (χ1n) is 14.8. The summed E-state index contributed by atoms with van der Waals surface area (Å²) in [6.45, 7) is 16.8. The third kappa shape index (κ3) is 7.43. The van der Waals surface area contributed by atoms with Gasteiger partial charge in [-0.25, -0.2) is 9.97 Å². The van der Waals surface area contributed by atoms with Crippen LogP contribution in [0.4, 0.5) is 0 Å². The lowest BCUT2D eigenvalue weighted by Crippen LogP contribution is -2.34. The lowest BCUT2D eigenvalue weighted by atomic mass is 10.1. The maximum absolute atomic E-state index is 13.7. The molecule has 1 aromatic carbocycles. The minimum atomic E-state index is 0.0335. The van der Waals surface area contributed by atoms with E-state index in [1.54, 1.807) is 0 Å². The summed E-state index contributed by atoms with van der Waals surface area (Å²) in [6, 6.07) is 12.4. The fourth-order valence-corrected chi connectivity index (χ4v) is 5.20. The lowest BCUT2D eigenvalue weighted by molar-refractivity contribution is 0.0735. The molecule has 0 N–H and O–H groups in total. The quantitative estimate of drug-likeness (QED) is 0.265. The largest absolute Gasteiger partial charge is 0.337 e. The summed E-state index contributed by atoms with van der Waals surface area (Å²) in [5, 5.41) is 0. The van der Waals surface area contributed by atoms with Crippen LogP contribution in [0.1, 0.15) is 82.3 Å². The minimum absolute atomic E-state index is 0.0335. The Morgan fingerprint density at radius 2 is 1.53 bits per heavy atom. The van der Waals surface area contributed by atoms with Crippen LogP contribution in [-0.2, 0) is 6.54 Å². The molecule has 0 atom stereocenters. The highest BCUT2D eigenvalue weighted by molar-refractivity contribution is 5.94. The number of fused-ring (bicyclic) bond motifs is 1. The number of benzene rings is 1. The first-order chi connectivity index (χ1) is 18.3. The Bertz CT molecular complexity index is 1160. The molecular formula is C32H47N5O. The van der Waals surface area contributed by atoms with Gasteiger partial charge < -0.3 is 14.4 Å². The van der Waals surface area contributed by atoms with Gasteiger partial charge in [-0.2, -0.15) is 0 Å². The zero-order valence-electron chi connectivity index (χ0n) is 24.2.